The van der Waals surface area contributed by atoms with Crippen LogP contribution in [0, 0.1) is 10.1 Å². The SMILES string of the molecule is CC1CN(c2ccc([N+](=O)[O-])c(CCl)c2)CCS1. The van der Waals surface area contributed by atoms with Crippen LogP contribution in [0.25, 0.3) is 0 Å². The van der Waals surface area contributed by atoms with E-state index in [0.29, 0.717) is 10.8 Å². The molecule has 1 fully saturated rings. The van der Waals surface area contributed by atoms with Crippen LogP contribution < -0.4 is 4.90 Å². The Bertz CT molecular complexity index is 456. The molecule has 1 aromatic carbocycles. The summed E-state index contributed by atoms with van der Waals surface area (Å²) in [4.78, 5) is 12.7. The lowest BCUT2D eigenvalue weighted by Gasteiger charge is -2.32. The molecule has 2 rings (SSSR count). The minimum Gasteiger partial charge on any atom is -0.370 e. The van der Waals surface area contributed by atoms with E-state index in [1.807, 2.05) is 23.9 Å². The van der Waals surface area contributed by atoms with Gasteiger partial charge in [-0.15, -0.1) is 11.6 Å². The number of rotatable bonds is 3. The number of nitro benzene ring substituents is 1. The zero-order valence-corrected chi connectivity index (χ0v) is 11.7. The van der Waals surface area contributed by atoms with Gasteiger partial charge in [-0.3, -0.25) is 10.1 Å². The summed E-state index contributed by atoms with van der Waals surface area (Å²) in [5.41, 5.74) is 1.72. The van der Waals surface area contributed by atoms with Crippen LogP contribution in [-0.4, -0.2) is 29.0 Å². The first kappa shape index (κ1) is 13.5. The molecule has 0 amide bonds. The molecular formula is C12H15ClN2O2S. The second kappa shape index (κ2) is 5.80. The highest BCUT2D eigenvalue weighted by Gasteiger charge is 2.20. The van der Waals surface area contributed by atoms with E-state index in [9.17, 15) is 10.1 Å². The second-order valence-corrected chi connectivity index (χ2v) is 6.14. The molecule has 1 heterocycles. The Balaban J connectivity index is 2.26. The van der Waals surface area contributed by atoms with E-state index in [1.54, 1.807) is 6.07 Å². The van der Waals surface area contributed by atoms with Crippen molar-refractivity contribution >= 4 is 34.7 Å². The van der Waals surface area contributed by atoms with Crippen LogP contribution in [0.3, 0.4) is 0 Å². The van der Waals surface area contributed by atoms with E-state index < -0.39 is 0 Å². The molecule has 0 radical (unpaired) electrons. The van der Waals surface area contributed by atoms with E-state index in [0.717, 1.165) is 24.5 Å². The van der Waals surface area contributed by atoms with E-state index in [4.69, 9.17) is 11.6 Å². The molecule has 98 valence electrons. The average molecular weight is 287 g/mol. The van der Waals surface area contributed by atoms with Gasteiger partial charge >= 0.3 is 0 Å². The largest absolute Gasteiger partial charge is 0.370 e. The predicted octanol–water partition coefficient (Wildman–Crippen LogP) is 3.28. The van der Waals surface area contributed by atoms with Crippen LogP contribution in [0.15, 0.2) is 18.2 Å². The molecule has 1 aliphatic heterocycles. The first-order chi connectivity index (χ1) is 8.61. The third kappa shape index (κ3) is 2.90. The van der Waals surface area contributed by atoms with Gasteiger partial charge < -0.3 is 4.90 Å². The molecule has 1 atom stereocenters. The summed E-state index contributed by atoms with van der Waals surface area (Å²) in [7, 11) is 0. The normalized spacial score (nSPS) is 19.9. The number of hydrogen-bond donors (Lipinski definition) is 0. The van der Waals surface area contributed by atoms with Crippen molar-refractivity contribution in [3.8, 4) is 0 Å². The van der Waals surface area contributed by atoms with E-state index in [2.05, 4.69) is 11.8 Å². The third-order valence-electron chi connectivity index (χ3n) is 3.01. The van der Waals surface area contributed by atoms with Crippen molar-refractivity contribution in [2.45, 2.75) is 18.1 Å². The van der Waals surface area contributed by atoms with Crippen LogP contribution in [0.5, 0.6) is 0 Å². The fourth-order valence-corrected chi connectivity index (χ4v) is 3.33. The predicted molar refractivity (Wildman–Crippen MR) is 76.8 cm³/mol. The Morgan fingerprint density at radius 3 is 3.00 bits per heavy atom. The van der Waals surface area contributed by atoms with Gasteiger partial charge in [-0.25, -0.2) is 0 Å². The maximum Gasteiger partial charge on any atom is 0.273 e. The molecule has 0 bridgehead atoms. The van der Waals surface area contributed by atoms with Gasteiger partial charge in [-0.05, 0) is 12.1 Å². The standard InChI is InChI=1S/C12H15ClN2O2S/c1-9-8-14(4-5-18-9)11-2-3-12(15(16)17)10(6-11)7-13/h2-3,6,9H,4-5,7-8H2,1H3. The second-order valence-electron chi connectivity index (χ2n) is 4.33. The molecule has 0 spiro atoms. The van der Waals surface area contributed by atoms with Crippen molar-refractivity contribution in [3.05, 3.63) is 33.9 Å². The number of benzene rings is 1. The summed E-state index contributed by atoms with van der Waals surface area (Å²) >= 11 is 7.75. The van der Waals surface area contributed by atoms with E-state index in [-0.39, 0.29) is 16.5 Å². The number of nitrogens with zero attached hydrogens (tertiary/aromatic N) is 2. The molecule has 0 saturated carbocycles. The van der Waals surface area contributed by atoms with Crippen LogP contribution in [0.1, 0.15) is 12.5 Å². The third-order valence-corrected chi connectivity index (χ3v) is 4.43. The summed E-state index contributed by atoms with van der Waals surface area (Å²) in [6, 6.07) is 5.21. The number of thioether (sulfide) groups is 1. The molecule has 1 unspecified atom stereocenters. The van der Waals surface area contributed by atoms with Gasteiger partial charge in [0.15, 0.2) is 0 Å². The first-order valence-electron chi connectivity index (χ1n) is 5.81. The Kier molecular flexibility index (Phi) is 4.35. The van der Waals surface area contributed by atoms with Crippen molar-refractivity contribution in [1.29, 1.82) is 0 Å². The van der Waals surface area contributed by atoms with Gasteiger partial charge in [0.05, 0.1) is 10.8 Å². The molecular weight excluding hydrogens is 272 g/mol. The minimum atomic E-state index is -0.379. The topological polar surface area (TPSA) is 46.4 Å². The van der Waals surface area contributed by atoms with E-state index >= 15 is 0 Å². The molecule has 0 aliphatic carbocycles. The van der Waals surface area contributed by atoms with Gasteiger partial charge in [-0.2, -0.15) is 11.8 Å². The summed E-state index contributed by atoms with van der Waals surface area (Å²) in [5, 5.41) is 11.4. The monoisotopic (exact) mass is 286 g/mol. The molecule has 1 aliphatic rings. The zero-order chi connectivity index (χ0) is 13.1. The van der Waals surface area contributed by atoms with Crippen LogP contribution in [-0.2, 0) is 5.88 Å². The van der Waals surface area contributed by atoms with Crippen molar-refractivity contribution < 1.29 is 4.92 Å². The maximum atomic E-state index is 10.9. The van der Waals surface area contributed by atoms with Gasteiger partial charge in [0, 0.05) is 41.4 Å². The Hall–Kier alpha value is -0.940. The Morgan fingerprint density at radius 1 is 1.61 bits per heavy atom. The number of anilines is 1. The highest BCUT2D eigenvalue weighted by Crippen LogP contribution is 2.29. The first-order valence-corrected chi connectivity index (χ1v) is 7.40. The average Bonchev–Trinajstić information content (AvgIpc) is 2.37. The van der Waals surface area contributed by atoms with Crippen molar-refractivity contribution in [2.75, 3.05) is 23.7 Å². The summed E-state index contributed by atoms with van der Waals surface area (Å²) in [5.74, 6) is 1.26. The maximum absolute atomic E-state index is 10.9. The smallest absolute Gasteiger partial charge is 0.273 e. The van der Waals surface area contributed by atoms with Gasteiger partial charge in [0.1, 0.15) is 0 Å². The Labute approximate surface area is 115 Å². The molecule has 1 saturated heterocycles. The van der Waals surface area contributed by atoms with Crippen molar-refractivity contribution in [1.82, 2.24) is 0 Å². The molecule has 0 aromatic heterocycles. The number of halogens is 1. The van der Waals surface area contributed by atoms with Crippen LogP contribution in [0.2, 0.25) is 0 Å². The lowest BCUT2D eigenvalue weighted by atomic mass is 10.1. The Morgan fingerprint density at radius 2 is 2.39 bits per heavy atom. The number of hydrogen-bond acceptors (Lipinski definition) is 4. The fourth-order valence-electron chi connectivity index (χ4n) is 2.11. The lowest BCUT2D eigenvalue weighted by molar-refractivity contribution is -0.385. The molecule has 1 aromatic rings. The number of nitro groups is 1. The summed E-state index contributed by atoms with van der Waals surface area (Å²) in [6.07, 6.45) is 0. The molecule has 6 heteroatoms. The van der Waals surface area contributed by atoms with Gasteiger partial charge in [0.25, 0.3) is 5.69 Å². The van der Waals surface area contributed by atoms with Gasteiger partial charge in [-0.1, -0.05) is 6.92 Å². The fraction of sp³-hybridized carbons (Fsp3) is 0.500. The quantitative estimate of drug-likeness (QED) is 0.486. The minimum absolute atomic E-state index is 0.105. The van der Waals surface area contributed by atoms with Crippen LogP contribution in [0.4, 0.5) is 11.4 Å². The number of alkyl halides is 1. The van der Waals surface area contributed by atoms with Crippen LogP contribution >= 0.6 is 23.4 Å². The summed E-state index contributed by atoms with van der Waals surface area (Å²) < 4.78 is 0. The summed E-state index contributed by atoms with van der Waals surface area (Å²) in [6.45, 7) is 4.16. The molecule has 4 nitrogen and oxygen atoms in total. The molecule has 0 N–H and O–H groups in total. The van der Waals surface area contributed by atoms with Gasteiger partial charge in [0.2, 0.25) is 0 Å². The lowest BCUT2D eigenvalue weighted by Crippen LogP contribution is -2.36. The highest BCUT2D eigenvalue weighted by atomic mass is 35.5. The van der Waals surface area contributed by atoms with E-state index in [1.165, 1.54) is 0 Å². The van der Waals surface area contributed by atoms with Crippen molar-refractivity contribution in [2.24, 2.45) is 0 Å². The zero-order valence-electron chi connectivity index (χ0n) is 10.1. The van der Waals surface area contributed by atoms with Crippen molar-refractivity contribution in [3.63, 3.8) is 0 Å². The highest BCUT2D eigenvalue weighted by molar-refractivity contribution is 8.00. The molecule has 18 heavy (non-hydrogen) atoms.